The van der Waals surface area contributed by atoms with Crippen molar-refractivity contribution in [1.29, 1.82) is 0 Å². The highest BCUT2D eigenvalue weighted by molar-refractivity contribution is 5.93. The first kappa shape index (κ1) is 16.0. The normalized spacial score (nSPS) is 14.1. The highest BCUT2D eigenvalue weighted by atomic mass is 19.1. The number of amides is 3. The van der Waals surface area contributed by atoms with Gasteiger partial charge in [0.2, 0.25) is 0 Å². The minimum atomic E-state index is -0.384. The van der Waals surface area contributed by atoms with Gasteiger partial charge in [0.1, 0.15) is 11.6 Å². The van der Waals surface area contributed by atoms with E-state index in [0.29, 0.717) is 25.3 Å². The molecular formula is C16H17FN4O3. The van der Waals surface area contributed by atoms with Gasteiger partial charge in [-0.05, 0) is 31.0 Å². The summed E-state index contributed by atoms with van der Waals surface area (Å²) in [4.78, 5) is 24.8. The Balaban J connectivity index is 1.63. The molecule has 0 unspecified atom stereocenters. The lowest BCUT2D eigenvalue weighted by Crippen LogP contribution is -2.49. The molecule has 1 aromatic heterocycles. The average Bonchev–Trinajstić information content (AvgIpc) is 3.22. The van der Waals surface area contributed by atoms with Crippen molar-refractivity contribution in [3.05, 3.63) is 53.2 Å². The molecule has 2 aromatic rings. The third kappa shape index (κ3) is 3.37. The predicted octanol–water partition coefficient (Wildman–Crippen LogP) is 2.09. The number of carbonyl (C=O) groups excluding carboxylic acids is 2. The first-order valence-electron chi connectivity index (χ1n) is 7.59. The van der Waals surface area contributed by atoms with Gasteiger partial charge in [0.25, 0.3) is 5.91 Å². The molecule has 1 N–H and O–H groups in total. The van der Waals surface area contributed by atoms with E-state index in [9.17, 15) is 14.0 Å². The van der Waals surface area contributed by atoms with Crippen LogP contribution in [0.5, 0.6) is 0 Å². The number of halogens is 1. The fourth-order valence-electron chi connectivity index (χ4n) is 2.50. The average molecular weight is 332 g/mol. The van der Waals surface area contributed by atoms with Crippen molar-refractivity contribution in [1.82, 2.24) is 20.5 Å². The number of benzene rings is 1. The predicted molar refractivity (Wildman–Crippen MR) is 82.2 cm³/mol. The minimum Gasteiger partial charge on any atom is -0.361 e. The molecule has 0 bridgehead atoms. The lowest BCUT2D eigenvalue weighted by atomic mass is 10.2. The van der Waals surface area contributed by atoms with Crippen LogP contribution >= 0.6 is 0 Å². The second-order valence-corrected chi connectivity index (χ2v) is 5.51. The number of aryl methyl sites for hydroxylation is 1. The summed E-state index contributed by atoms with van der Waals surface area (Å²) < 4.78 is 17.8. The Hall–Kier alpha value is -2.90. The molecule has 7 nitrogen and oxygen atoms in total. The maximum absolute atomic E-state index is 12.9. The number of nitrogens with zero attached hydrogens (tertiary/aromatic N) is 3. The lowest BCUT2D eigenvalue weighted by Gasteiger charge is -2.27. The number of hydrazine groups is 1. The Kier molecular flexibility index (Phi) is 4.45. The van der Waals surface area contributed by atoms with E-state index in [0.717, 1.165) is 5.56 Å². The van der Waals surface area contributed by atoms with Crippen molar-refractivity contribution in [2.45, 2.75) is 19.9 Å². The van der Waals surface area contributed by atoms with E-state index >= 15 is 0 Å². The SMILES string of the molecule is Cc1cc(C(=O)N2CCCN2C(=O)NCc2ccc(F)cc2)no1. The smallest absolute Gasteiger partial charge is 0.336 e. The largest absolute Gasteiger partial charge is 0.361 e. The van der Waals surface area contributed by atoms with Crippen molar-refractivity contribution in [3.63, 3.8) is 0 Å². The van der Waals surface area contributed by atoms with Crippen LogP contribution in [0.4, 0.5) is 9.18 Å². The van der Waals surface area contributed by atoms with Gasteiger partial charge in [-0.3, -0.25) is 4.79 Å². The third-order valence-corrected chi connectivity index (χ3v) is 3.70. The van der Waals surface area contributed by atoms with E-state index in [-0.39, 0.29) is 30.0 Å². The van der Waals surface area contributed by atoms with E-state index in [1.165, 1.54) is 28.2 Å². The van der Waals surface area contributed by atoms with Crippen molar-refractivity contribution >= 4 is 11.9 Å². The second kappa shape index (κ2) is 6.69. The van der Waals surface area contributed by atoms with Crippen LogP contribution in [-0.2, 0) is 6.54 Å². The maximum Gasteiger partial charge on any atom is 0.336 e. The first-order valence-corrected chi connectivity index (χ1v) is 7.59. The summed E-state index contributed by atoms with van der Waals surface area (Å²) in [5.41, 5.74) is 0.944. The highest BCUT2D eigenvalue weighted by Crippen LogP contribution is 2.15. The molecule has 3 amide bonds. The van der Waals surface area contributed by atoms with Crippen molar-refractivity contribution in [2.75, 3.05) is 13.1 Å². The molecule has 1 aromatic carbocycles. The van der Waals surface area contributed by atoms with Crippen molar-refractivity contribution in [2.24, 2.45) is 0 Å². The van der Waals surface area contributed by atoms with E-state index in [2.05, 4.69) is 10.5 Å². The summed E-state index contributed by atoms with van der Waals surface area (Å²) in [6.45, 7) is 2.83. The van der Waals surface area contributed by atoms with Gasteiger partial charge in [0, 0.05) is 25.7 Å². The van der Waals surface area contributed by atoms with Crippen LogP contribution in [-0.4, -0.2) is 40.2 Å². The third-order valence-electron chi connectivity index (χ3n) is 3.70. The van der Waals surface area contributed by atoms with Crippen LogP contribution < -0.4 is 5.32 Å². The monoisotopic (exact) mass is 332 g/mol. The fourth-order valence-corrected chi connectivity index (χ4v) is 2.50. The van der Waals surface area contributed by atoms with Gasteiger partial charge >= 0.3 is 6.03 Å². The van der Waals surface area contributed by atoms with Gasteiger partial charge in [-0.15, -0.1) is 0 Å². The number of nitrogens with one attached hydrogen (secondary N) is 1. The topological polar surface area (TPSA) is 78.7 Å². The molecule has 1 aliphatic rings. The summed E-state index contributed by atoms with van der Waals surface area (Å²) in [6, 6.07) is 7.02. The van der Waals surface area contributed by atoms with Gasteiger partial charge in [-0.1, -0.05) is 17.3 Å². The zero-order valence-corrected chi connectivity index (χ0v) is 13.2. The lowest BCUT2D eigenvalue weighted by molar-refractivity contribution is 0.0366. The molecule has 0 atom stereocenters. The Morgan fingerprint density at radius 2 is 1.96 bits per heavy atom. The Bertz CT molecular complexity index is 744. The van der Waals surface area contributed by atoms with Crippen LogP contribution in [0, 0.1) is 12.7 Å². The van der Waals surface area contributed by atoms with Crippen LogP contribution in [0.25, 0.3) is 0 Å². The molecule has 24 heavy (non-hydrogen) atoms. The molecule has 1 saturated heterocycles. The summed E-state index contributed by atoms with van der Waals surface area (Å²) >= 11 is 0. The van der Waals surface area contributed by atoms with E-state index in [4.69, 9.17) is 4.52 Å². The molecule has 1 fully saturated rings. The molecule has 0 spiro atoms. The molecule has 1 aliphatic heterocycles. The van der Waals surface area contributed by atoms with E-state index in [1.54, 1.807) is 19.1 Å². The summed E-state index contributed by atoms with van der Waals surface area (Å²) in [6.07, 6.45) is 0.687. The molecule has 126 valence electrons. The number of hydrogen-bond acceptors (Lipinski definition) is 4. The zero-order valence-electron chi connectivity index (χ0n) is 13.2. The molecule has 2 heterocycles. The van der Waals surface area contributed by atoms with Gasteiger partial charge in [0.05, 0.1) is 0 Å². The maximum atomic E-state index is 12.9. The molecule has 0 saturated carbocycles. The van der Waals surface area contributed by atoms with Crippen molar-refractivity contribution < 1.29 is 18.5 Å². The summed E-state index contributed by atoms with van der Waals surface area (Å²) in [5.74, 6) is -0.171. The molecular weight excluding hydrogens is 315 g/mol. The van der Waals surface area contributed by atoms with Crippen LogP contribution in [0.3, 0.4) is 0 Å². The molecule has 0 aliphatic carbocycles. The minimum absolute atomic E-state index is 0.172. The fraction of sp³-hybridized carbons (Fsp3) is 0.312. The molecule has 0 radical (unpaired) electrons. The summed E-state index contributed by atoms with van der Waals surface area (Å²) in [5, 5.41) is 9.14. The Morgan fingerprint density at radius 1 is 1.25 bits per heavy atom. The quantitative estimate of drug-likeness (QED) is 0.933. The Morgan fingerprint density at radius 3 is 2.62 bits per heavy atom. The number of rotatable bonds is 3. The number of aromatic nitrogens is 1. The second-order valence-electron chi connectivity index (χ2n) is 5.51. The molecule has 8 heteroatoms. The number of hydrogen-bond donors (Lipinski definition) is 1. The Labute approximate surface area is 138 Å². The summed E-state index contributed by atoms with van der Waals surface area (Å²) in [7, 11) is 0. The van der Waals surface area contributed by atoms with E-state index < -0.39 is 0 Å². The van der Waals surface area contributed by atoms with Gasteiger partial charge in [-0.2, -0.15) is 0 Å². The van der Waals surface area contributed by atoms with Gasteiger partial charge < -0.3 is 9.84 Å². The molecule has 3 rings (SSSR count). The zero-order chi connectivity index (χ0) is 17.1. The highest BCUT2D eigenvalue weighted by Gasteiger charge is 2.32. The van der Waals surface area contributed by atoms with Crippen LogP contribution in [0.2, 0.25) is 0 Å². The van der Waals surface area contributed by atoms with Crippen molar-refractivity contribution in [3.8, 4) is 0 Å². The first-order chi connectivity index (χ1) is 11.5. The number of urea groups is 1. The van der Waals surface area contributed by atoms with Crippen LogP contribution in [0.15, 0.2) is 34.9 Å². The number of carbonyl (C=O) groups is 2. The van der Waals surface area contributed by atoms with Gasteiger partial charge in [-0.25, -0.2) is 19.2 Å². The van der Waals surface area contributed by atoms with Crippen LogP contribution in [0.1, 0.15) is 28.2 Å². The van der Waals surface area contributed by atoms with Gasteiger partial charge in [0.15, 0.2) is 5.69 Å². The van der Waals surface area contributed by atoms with E-state index in [1.807, 2.05) is 0 Å². The standard InChI is InChI=1S/C16H17FN4O3/c1-11-9-14(19-24-11)15(22)20-7-2-8-21(20)16(23)18-10-12-3-5-13(17)6-4-12/h3-6,9H,2,7-8,10H2,1H3,(H,18,23).